The summed E-state index contributed by atoms with van der Waals surface area (Å²) in [6, 6.07) is 0. The highest BCUT2D eigenvalue weighted by Gasteiger charge is 2.37. The molecule has 0 radical (unpaired) electrons. The molecule has 1 saturated heterocycles. The molecule has 0 aromatic carbocycles. The highest BCUT2D eigenvalue weighted by molar-refractivity contribution is 6.45. The van der Waals surface area contributed by atoms with Gasteiger partial charge in [0.25, 0.3) is 0 Å². The number of carbonyl (C=O) groups is 1. The third-order valence-electron chi connectivity index (χ3n) is 2.49. The van der Waals surface area contributed by atoms with E-state index in [1.807, 2.05) is 6.92 Å². The largest absolute Gasteiger partial charge is 0.481 e. The van der Waals surface area contributed by atoms with Crippen LogP contribution in [0.5, 0.6) is 0 Å². The van der Waals surface area contributed by atoms with Crippen LogP contribution in [0.4, 0.5) is 0 Å². The third kappa shape index (κ3) is 1.79. The second-order valence-electron chi connectivity index (χ2n) is 3.51. The molecule has 0 bridgehead atoms. The molecule has 0 saturated carbocycles. The summed E-state index contributed by atoms with van der Waals surface area (Å²) >= 11 is 0. The number of hydrogen-bond acceptors (Lipinski definition) is 3. The molecule has 2 N–H and O–H groups in total. The molecule has 2 atom stereocenters. The molecule has 1 aliphatic heterocycles. The monoisotopic (exact) mass is 171 g/mol. The van der Waals surface area contributed by atoms with E-state index in [0.717, 1.165) is 0 Å². The van der Waals surface area contributed by atoms with Crippen molar-refractivity contribution >= 4 is 13.0 Å². The smallest absolute Gasteiger partial charge is 0.376 e. The van der Waals surface area contributed by atoms with Gasteiger partial charge in [-0.2, -0.15) is 0 Å². The first kappa shape index (κ1) is 9.54. The fourth-order valence-corrected chi connectivity index (χ4v) is 1.63. The van der Waals surface area contributed by atoms with Gasteiger partial charge in [-0.1, -0.05) is 6.92 Å². The zero-order valence-corrected chi connectivity index (χ0v) is 7.40. The van der Waals surface area contributed by atoms with Crippen molar-refractivity contribution in [2.75, 3.05) is 13.1 Å². The Bertz CT molecular complexity index is 185. The van der Waals surface area contributed by atoms with E-state index in [-0.39, 0.29) is 11.8 Å². The van der Waals surface area contributed by atoms with Gasteiger partial charge in [0.05, 0.1) is 5.92 Å². The van der Waals surface area contributed by atoms with Crippen LogP contribution in [-0.2, 0) is 4.79 Å². The minimum atomic E-state index is -0.759. The van der Waals surface area contributed by atoms with Crippen molar-refractivity contribution in [3.05, 3.63) is 0 Å². The van der Waals surface area contributed by atoms with Crippen molar-refractivity contribution in [1.82, 2.24) is 4.81 Å². The Morgan fingerprint density at radius 2 is 2.17 bits per heavy atom. The molecule has 0 aromatic rings. The number of nitrogens with zero attached hydrogens (tertiary/aromatic N) is 1. The summed E-state index contributed by atoms with van der Waals surface area (Å²) in [4.78, 5) is 12.5. The molecule has 4 nitrogen and oxygen atoms in total. The normalized spacial score (nSPS) is 30.6. The van der Waals surface area contributed by atoms with Gasteiger partial charge < -0.3 is 14.9 Å². The Morgan fingerprint density at radius 1 is 1.58 bits per heavy atom. The van der Waals surface area contributed by atoms with Crippen LogP contribution >= 0.6 is 0 Å². The van der Waals surface area contributed by atoms with Crippen LogP contribution in [0.3, 0.4) is 0 Å². The van der Waals surface area contributed by atoms with Crippen molar-refractivity contribution in [1.29, 1.82) is 0 Å². The Labute approximate surface area is 72.3 Å². The molecule has 12 heavy (non-hydrogen) atoms. The maximum Gasteiger partial charge on any atom is 0.376 e. The van der Waals surface area contributed by atoms with Crippen LogP contribution in [0, 0.1) is 11.8 Å². The van der Waals surface area contributed by atoms with Gasteiger partial charge in [-0.15, -0.1) is 0 Å². The minimum absolute atomic E-state index is 0.136. The first-order chi connectivity index (χ1) is 5.52. The Morgan fingerprint density at radius 3 is 2.42 bits per heavy atom. The molecule has 1 heterocycles. The van der Waals surface area contributed by atoms with Crippen LogP contribution in [-0.4, -0.2) is 41.1 Å². The fraction of sp³-hybridized carbons (Fsp3) is 0.857. The molecule has 0 aromatic heterocycles. The van der Waals surface area contributed by atoms with E-state index in [0.29, 0.717) is 13.1 Å². The topological polar surface area (TPSA) is 60.8 Å². The van der Waals surface area contributed by atoms with Crippen LogP contribution in [0.2, 0.25) is 6.82 Å². The van der Waals surface area contributed by atoms with E-state index < -0.39 is 13.0 Å². The van der Waals surface area contributed by atoms with Gasteiger partial charge in [-0.05, 0) is 19.3 Å². The predicted octanol–water partition coefficient (Wildman–Crippen LogP) is -0.251. The van der Waals surface area contributed by atoms with Crippen molar-refractivity contribution in [3.63, 3.8) is 0 Å². The summed E-state index contributed by atoms with van der Waals surface area (Å²) in [7, 11) is -0.531. The first-order valence-corrected chi connectivity index (χ1v) is 4.17. The third-order valence-corrected chi connectivity index (χ3v) is 2.49. The Hall–Kier alpha value is -0.545. The summed E-state index contributed by atoms with van der Waals surface area (Å²) in [6.45, 7) is 4.71. The van der Waals surface area contributed by atoms with Crippen molar-refractivity contribution in [3.8, 4) is 0 Å². The highest BCUT2D eigenvalue weighted by Crippen LogP contribution is 2.23. The second-order valence-corrected chi connectivity index (χ2v) is 3.51. The van der Waals surface area contributed by atoms with Crippen LogP contribution in [0.25, 0.3) is 0 Å². The predicted molar refractivity (Wildman–Crippen MR) is 45.7 cm³/mol. The SMILES string of the molecule is CB(O)N1C[C@@H](C)[C@H](C(=O)O)C1. The van der Waals surface area contributed by atoms with E-state index in [2.05, 4.69) is 0 Å². The average Bonchev–Trinajstić information content (AvgIpc) is 2.30. The van der Waals surface area contributed by atoms with Gasteiger partial charge in [-0.25, -0.2) is 0 Å². The van der Waals surface area contributed by atoms with Crippen molar-refractivity contribution in [2.45, 2.75) is 13.7 Å². The molecule has 68 valence electrons. The average molecular weight is 171 g/mol. The van der Waals surface area contributed by atoms with Crippen molar-refractivity contribution < 1.29 is 14.9 Å². The first-order valence-electron chi connectivity index (χ1n) is 4.17. The molecule has 0 amide bonds. The van der Waals surface area contributed by atoms with Crippen LogP contribution in [0.15, 0.2) is 0 Å². The van der Waals surface area contributed by atoms with E-state index >= 15 is 0 Å². The molecule has 0 unspecified atom stereocenters. The number of carboxylic acid groups (broad SMARTS) is 1. The standard InChI is InChI=1S/C7H14BNO3/c1-5-3-9(8(2)12)4-6(5)7(10)11/h5-6,12H,3-4H2,1-2H3,(H,10,11)/t5-,6-/m1/s1. The van der Waals surface area contributed by atoms with Gasteiger partial charge in [-0.3, -0.25) is 4.79 Å². The van der Waals surface area contributed by atoms with E-state index in [4.69, 9.17) is 5.11 Å². The lowest BCUT2D eigenvalue weighted by molar-refractivity contribution is -0.142. The van der Waals surface area contributed by atoms with Gasteiger partial charge in [0.1, 0.15) is 0 Å². The molecule has 1 aliphatic rings. The quantitative estimate of drug-likeness (QED) is 0.562. The van der Waals surface area contributed by atoms with E-state index in [9.17, 15) is 9.82 Å². The van der Waals surface area contributed by atoms with Crippen molar-refractivity contribution in [2.24, 2.45) is 11.8 Å². The van der Waals surface area contributed by atoms with Crippen LogP contribution < -0.4 is 0 Å². The Balaban J connectivity index is 2.56. The summed E-state index contributed by atoms with van der Waals surface area (Å²) in [5, 5.41) is 18.0. The maximum absolute atomic E-state index is 10.7. The molecule has 1 rings (SSSR count). The summed E-state index contributed by atoms with van der Waals surface area (Å²) < 4.78 is 0. The van der Waals surface area contributed by atoms with E-state index in [1.165, 1.54) is 0 Å². The lowest BCUT2D eigenvalue weighted by Crippen LogP contribution is -2.35. The molecule has 5 heteroatoms. The summed E-state index contributed by atoms with van der Waals surface area (Å²) in [6.07, 6.45) is 0. The Kier molecular flexibility index (Phi) is 2.74. The second kappa shape index (κ2) is 3.45. The minimum Gasteiger partial charge on any atom is -0.481 e. The molecular formula is C7H14BNO3. The number of hydrogen-bond donors (Lipinski definition) is 2. The maximum atomic E-state index is 10.7. The highest BCUT2D eigenvalue weighted by atomic mass is 16.4. The lowest BCUT2D eigenvalue weighted by atomic mass is 9.86. The van der Waals surface area contributed by atoms with Gasteiger partial charge >= 0.3 is 13.0 Å². The van der Waals surface area contributed by atoms with Crippen LogP contribution in [0.1, 0.15) is 6.92 Å². The van der Waals surface area contributed by atoms with E-state index in [1.54, 1.807) is 11.6 Å². The summed E-state index contributed by atoms with van der Waals surface area (Å²) in [5.41, 5.74) is 0. The fourth-order valence-electron chi connectivity index (χ4n) is 1.63. The molecule has 1 fully saturated rings. The molecular weight excluding hydrogens is 157 g/mol. The molecule has 0 aliphatic carbocycles. The molecule has 0 spiro atoms. The summed E-state index contributed by atoms with van der Waals surface area (Å²) in [5.74, 6) is -0.942. The van der Waals surface area contributed by atoms with Gasteiger partial charge in [0.15, 0.2) is 0 Å². The number of rotatable bonds is 2. The number of aliphatic carboxylic acids is 1. The van der Waals surface area contributed by atoms with Gasteiger partial charge in [0.2, 0.25) is 0 Å². The van der Waals surface area contributed by atoms with Gasteiger partial charge in [0, 0.05) is 6.54 Å². The lowest BCUT2D eigenvalue weighted by Gasteiger charge is -2.14. The zero-order valence-electron chi connectivity index (χ0n) is 7.40. The number of carboxylic acids is 1. The zero-order chi connectivity index (χ0) is 9.30.